The molecule has 1 fully saturated rings. The molecule has 2 aromatic rings. The Morgan fingerprint density at radius 1 is 1.39 bits per heavy atom. The number of carbonyl (C=O) groups excluding carboxylic acids is 1. The van der Waals surface area contributed by atoms with Crippen LogP contribution in [0.5, 0.6) is 0 Å². The van der Waals surface area contributed by atoms with Crippen LogP contribution in [-0.2, 0) is 0 Å². The molecule has 0 aliphatic carbocycles. The molecule has 0 spiro atoms. The van der Waals surface area contributed by atoms with Gasteiger partial charge in [-0.25, -0.2) is 14.6 Å². The highest BCUT2D eigenvalue weighted by Gasteiger charge is 2.28. The Morgan fingerprint density at radius 3 is 2.78 bits per heavy atom. The summed E-state index contributed by atoms with van der Waals surface area (Å²) in [4.78, 5) is 26.4. The molecular formula is C16H24N6O. The summed E-state index contributed by atoms with van der Waals surface area (Å²) in [5.74, 6) is 2.84. The number of aromatic amines is 1. The highest BCUT2D eigenvalue weighted by molar-refractivity contribution is 5.92. The van der Waals surface area contributed by atoms with Crippen molar-refractivity contribution in [1.29, 1.82) is 0 Å². The minimum Gasteiger partial charge on any atom is -0.338 e. The summed E-state index contributed by atoms with van der Waals surface area (Å²) >= 11 is 0. The molecule has 1 saturated heterocycles. The number of amides is 1. The van der Waals surface area contributed by atoms with Gasteiger partial charge in [0.2, 0.25) is 0 Å². The van der Waals surface area contributed by atoms with E-state index in [0.29, 0.717) is 12.2 Å². The third kappa shape index (κ3) is 3.13. The van der Waals surface area contributed by atoms with Crippen LogP contribution in [-0.4, -0.2) is 48.6 Å². The number of aryl methyl sites for hydroxylation is 2. The normalized spacial score (nSPS) is 18.7. The number of nitrogens with zero attached hydrogens (tertiary/aromatic N) is 5. The fourth-order valence-electron chi connectivity index (χ4n) is 3.13. The average molecular weight is 316 g/mol. The molecule has 0 unspecified atom stereocenters. The number of piperidine rings is 1. The van der Waals surface area contributed by atoms with Crippen LogP contribution < -0.4 is 0 Å². The lowest BCUT2D eigenvalue weighted by Crippen LogP contribution is -2.41. The van der Waals surface area contributed by atoms with Gasteiger partial charge in [0.1, 0.15) is 23.2 Å². The topological polar surface area (TPSA) is 79.7 Å². The number of aromatic nitrogens is 5. The van der Waals surface area contributed by atoms with Gasteiger partial charge < -0.3 is 9.88 Å². The summed E-state index contributed by atoms with van der Waals surface area (Å²) in [6.45, 7) is 9.41. The smallest absolute Gasteiger partial charge is 0.271 e. The molecule has 2 aromatic heterocycles. The summed E-state index contributed by atoms with van der Waals surface area (Å²) < 4.78 is 1.96. The van der Waals surface area contributed by atoms with E-state index in [2.05, 4.69) is 33.9 Å². The minimum atomic E-state index is 0.0172. The Hall–Kier alpha value is -2.18. The molecule has 1 atom stereocenters. The molecule has 1 aliphatic rings. The highest BCUT2D eigenvalue weighted by Crippen LogP contribution is 2.23. The number of imidazole rings is 1. The lowest BCUT2D eigenvalue weighted by Gasteiger charge is -2.32. The first-order valence-electron chi connectivity index (χ1n) is 8.19. The van der Waals surface area contributed by atoms with Crippen LogP contribution in [0.15, 0.2) is 6.20 Å². The molecule has 7 heteroatoms. The van der Waals surface area contributed by atoms with Crippen LogP contribution in [0.25, 0.3) is 0 Å². The van der Waals surface area contributed by atoms with Gasteiger partial charge in [-0.1, -0.05) is 13.8 Å². The molecule has 1 aliphatic heterocycles. The Labute approximate surface area is 136 Å². The van der Waals surface area contributed by atoms with E-state index in [0.717, 1.165) is 36.9 Å². The van der Waals surface area contributed by atoms with E-state index in [4.69, 9.17) is 0 Å². The summed E-state index contributed by atoms with van der Waals surface area (Å²) in [7, 11) is 0. The SMILES string of the molecule is Cc1nc(C)n([C@@H]2CCCN(C(=O)c3cnc(C(C)C)[nH]3)C2)n1. The second-order valence-corrected chi connectivity index (χ2v) is 6.53. The quantitative estimate of drug-likeness (QED) is 0.941. The maximum atomic E-state index is 12.7. The van der Waals surface area contributed by atoms with Crippen LogP contribution in [0.3, 0.4) is 0 Å². The van der Waals surface area contributed by atoms with Gasteiger partial charge in [0, 0.05) is 19.0 Å². The van der Waals surface area contributed by atoms with Crippen molar-refractivity contribution in [3.05, 3.63) is 29.4 Å². The zero-order valence-corrected chi connectivity index (χ0v) is 14.2. The molecule has 7 nitrogen and oxygen atoms in total. The molecule has 0 radical (unpaired) electrons. The minimum absolute atomic E-state index is 0.0172. The molecule has 1 N–H and O–H groups in total. The molecule has 0 saturated carbocycles. The molecule has 124 valence electrons. The Balaban J connectivity index is 1.75. The predicted molar refractivity (Wildman–Crippen MR) is 86.3 cm³/mol. The molecule has 0 bridgehead atoms. The lowest BCUT2D eigenvalue weighted by molar-refractivity contribution is 0.0665. The summed E-state index contributed by atoms with van der Waals surface area (Å²) in [6.07, 6.45) is 3.64. The number of likely N-dealkylation sites (tertiary alicyclic amines) is 1. The zero-order chi connectivity index (χ0) is 16.6. The largest absolute Gasteiger partial charge is 0.338 e. The predicted octanol–water partition coefficient (Wildman–Crippen LogP) is 2.22. The maximum Gasteiger partial charge on any atom is 0.271 e. The summed E-state index contributed by atoms with van der Waals surface area (Å²) in [6, 6.07) is 0.196. The van der Waals surface area contributed by atoms with Gasteiger partial charge in [-0.15, -0.1) is 0 Å². The van der Waals surface area contributed by atoms with Crippen molar-refractivity contribution >= 4 is 5.91 Å². The zero-order valence-electron chi connectivity index (χ0n) is 14.2. The lowest BCUT2D eigenvalue weighted by atomic mass is 10.1. The van der Waals surface area contributed by atoms with Crippen LogP contribution >= 0.6 is 0 Å². The van der Waals surface area contributed by atoms with Gasteiger partial charge in [-0.3, -0.25) is 4.79 Å². The van der Waals surface area contributed by atoms with Gasteiger partial charge in [0.05, 0.1) is 12.2 Å². The van der Waals surface area contributed by atoms with Crippen LogP contribution in [0.1, 0.15) is 66.6 Å². The van der Waals surface area contributed by atoms with Gasteiger partial charge in [-0.2, -0.15) is 5.10 Å². The first-order valence-corrected chi connectivity index (χ1v) is 8.19. The van der Waals surface area contributed by atoms with E-state index in [-0.39, 0.29) is 17.9 Å². The summed E-state index contributed by atoms with van der Waals surface area (Å²) in [5.41, 5.74) is 0.570. The van der Waals surface area contributed by atoms with Gasteiger partial charge >= 0.3 is 0 Å². The molecule has 3 heterocycles. The number of rotatable bonds is 3. The Bertz CT molecular complexity index is 701. The second kappa shape index (κ2) is 6.14. The second-order valence-electron chi connectivity index (χ2n) is 6.53. The molecular weight excluding hydrogens is 292 g/mol. The van der Waals surface area contributed by atoms with E-state index in [1.54, 1.807) is 6.20 Å². The number of nitrogens with one attached hydrogen (secondary N) is 1. The van der Waals surface area contributed by atoms with Gasteiger partial charge in [-0.05, 0) is 26.7 Å². The fourth-order valence-corrected chi connectivity index (χ4v) is 3.13. The molecule has 1 amide bonds. The van der Waals surface area contributed by atoms with Crippen molar-refractivity contribution in [2.75, 3.05) is 13.1 Å². The fraction of sp³-hybridized carbons (Fsp3) is 0.625. The van der Waals surface area contributed by atoms with E-state index in [9.17, 15) is 4.79 Å². The number of H-pyrrole nitrogens is 1. The Kier molecular flexibility index (Phi) is 4.19. The van der Waals surface area contributed by atoms with Crippen LogP contribution in [0.4, 0.5) is 0 Å². The van der Waals surface area contributed by atoms with Gasteiger partial charge in [0.25, 0.3) is 5.91 Å². The van der Waals surface area contributed by atoms with E-state index < -0.39 is 0 Å². The number of hydrogen-bond acceptors (Lipinski definition) is 4. The standard InChI is InChI=1S/C16H24N6O/c1-10(2)15-17-8-14(19-15)16(23)21-7-5-6-13(9-21)22-12(4)18-11(3)20-22/h8,10,13H,5-7,9H2,1-4H3,(H,17,19)/t13-/m1/s1. The maximum absolute atomic E-state index is 12.7. The average Bonchev–Trinajstić information content (AvgIpc) is 3.13. The van der Waals surface area contributed by atoms with Crippen molar-refractivity contribution < 1.29 is 4.79 Å². The third-order valence-electron chi connectivity index (χ3n) is 4.31. The number of hydrogen-bond donors (Lipinski definition) is 1. The highest BCUT2D eigenvalue weighted by atomic mass is 16.2. The van der Waals surface area contributed by atoms with Crippen LogP contribution in [0, 0.1) is 13.8 Å². The van der Waals surface area contributed by atoms with Crippen molar-refractivity contribution in [3.63, 3.8) is 0 Å². The first-order chi connectivity index (χ1) is 11.0. The van der Waals surface area contributed by atoms with Crippen molar-refractivity contribution in [3.8, 4) is 0 Å². The van der Waals surface area contributed by atoms with Crippen molar-refractivity contribution in [2.24, 2.45) is 0 Å². The van der Waals surface area contributed by atoms with Crippen molar-refractivity contribution in [2.45, 2.75) is 52.5 Å². The first kappa shape index (κ1) is 15.7. The molecule has 3 rings (SSSR count). The van der Waals surface area contributed by atoms with E-state index in [1.165, 1.54) is 0 Å². The van der Waals surface area contributed by atoms with Crippen LogP contribution in [0.2, 0.25) is 0 Å². The van der Waals surface area contributed by atoms with E-state index in [1.807, 2.05) is 23.4 Å². The molecule has 0 aromatic carbocycles. The monoisotopic (exact) mass is 316 g/mol. The third-order valence-corrected chi connectivity index (χ3v) is 4.31. The van der Waals surface area contributed by atoms with Gasteiger partial charge in [0.15, 0.2) is 0 Å². The number of carbonyl (C=O) groups is 1. The van der Waals surface area contributed by atoms with E-state index >= 15 is 0 Å². The summed E-state index contributed by atoms with van der Waals surface area (Å²) in [5, 5.41) is 4.48. The van der Waals surface area contributed by atoms with Crippen molar-refractivity contribution in [1.82, 2.24) is 29.6 Å². The Morgan fingerprint density at radius 2 is 2.17 bits per heavy atom. The molecule has 23 heavy (non-hydrogen) atoms.